The number of para-hydroxylation sites is 1. The van der Waals surface area contributed by atoms with Gasteiger partial charge in [0, 0.05) is 19.6 Å². The third-order valence-electron chi connectivity index (χ3n) is 5.89. The molecule has 0 bridgehead atoms. The normalized spacial score (nSPS) is 15.0. The minimum absolute atomic E-state index is 0.0633. The summed E-state index contributed by atoms with van der Waals surface area (Å²) in [6.45, 7) is 4.18. The molecule has 8 heteroatoms. The first-order valence-corrected chi connectivity index (χ1v) is 11.9. The van der Waals surface area contributed by atoms with Crippen molar-refractivity contribution in [3.8, 4) is 0 Å². The number of rotatable bonds is 6. The van der Waals surface area contributed by atoms with E-state index >= 15 is 0 Å². The largest absolute Gasteiger partial charge is 0.341 e. The van der Waals surface area contributed by atoms with E-state index in [9.17, 15) is 9.59 Å². The Hall–Kier alpha value is -3.13. The summed E-state index contributed by atoms with van der Waals surface area (Å²) in [6, 6.07) is 17.4. The smallest absolute Gasteiger partial charge is 0.262 e. The molecule has 1 saturated heterocycles. The third-order valence-corrected chi connectivity index (χ3v) is 7.08. The first kappa shape index (κ1) is 20.8. The van der Waals surface area contributed by atoms with E-state index in [0.717, 1.165) is 43.4 Å². The molecule has 0 radical (unpaired) electrons. The van der Waals surface area contributed by atoms with Crippen molar-refractivity contribution in [2.45, 2.75) is 43.1 Å². The van der Waals surface area contributed by atoms with E-state index in [2.05, 4.69) is 10.2 Å². The van der Waals surface area contributed by atoms with Crippen LogP contribution in [0.25, 0.3) is 16.7 Å². The number of amides is 1. The van der Waals surface area contributed by atoms with Crippen molar-refractivity contribution in [2.24, 2.45) is 0 Å². The Bertz CT molecular complexity index is 1320. The predicted molar refractivity (Wildman–Crippen MR) is 126 cm³/mol. The fourth-order valence-electron chi connectivity index (χ4n) is 4.33. The van der Waals surface area contributed by atoms with Crippen LogP contribution in [0.2, 0.25) is 0 Å². The first-order chi connectivity index (χ1) is 15.7. The Balaban J connectivity index is 1.66. The van der Waals surface area contributed by atoms with E-state index in [1.807, 2.05) is 70.8 Å². The highest BCUT2D eigenvalue weighted by atomic mass is 32.2. The minimum atomic E-state index is -0.424. The topological polar surface area (TPSA) is 72.5 Å². The molecule has 164 valence electrons. The highest BCUT2D eigenvalue weighted by Crippen LogP contribution is 2.37. The summed E-state index contributed by atoms with van der Waals surface area (Å²) in [7, 11) is 0. The van der Waals surface area contributed by atoms with Crippen molar-refractivity contribution < 1.29 is 4.79 Å². The molecule has 2 aromatic carbocycles. The second-order valence-corrected chi connectivity index (χ2v) is 9.11. The quantitative estimate of drug-likeness (QED) is 0.419. The van der Waals surface area contributed by atoms with Crippen LogP contribution in [0.4, 0.5) is 0 Å². The summed E-state index contributed by atoms with van der Waals surface area (Å²) in [5.74, 6) is 0.611. The van der Waals surface area contributed by atoms with Gasteiger partial charge in [0.25, 0.3) is 5.56 Å². The number of hydrogen-bond donors (Lipinski definition) is 0. The maximum Gasteiger partial charge on any atom is 0.262 e. The molecule has 0 spiro atoms. The Morgan fingerprint density at radius 2 is 1.75 bits per heavy atom. The summed E-state index contributed by atoms with van der Waals surface area (Å²) < 4.78 is 3.60. The molecule has 0 saturated carbocycles. The highest BCUT2D eigenvalue weighted by Gasteiger charge is 2.30. The van der Waals surface area contributed by atoms with Crippen molar-refractivity contribution in [1.82, 2.24) is 24.1 Å². The lowest BCUT2D eigenvalue weighted by Gasteiger charge is -2.22. The van der Waals surface area contributed by atoms with Gasteiger partial charge >= 0.3 is 0 Å². The molecular weight excluding hydrogens is 422 g/mol. The number of fused-ring (bicyclic) bond motifs is 3. The number of nitrogens with zero attached hydrogens (tertiary/aromatic N) is 5. The zero-order valence-corrected chi connectivity index (χ0v) is 18.8. The van der Waals surface area contributed by atoms with Gasteiger partial charge in [0.15, 0.2) is 5.16 Å². The van der Waals surface area contributed by atoms with Crippen LogP contribution in [0.3, 0.4) is 0 Å². The van der Waals surface area contributed by atoms with E-state index in [1.165, 1.54) is 11.8 Å². The molecule has 1 atom stereocenters. The molecule has 4 aromatic rings. The van der Waals surface area contributed by atoms with Gasteiger partial charge in [-0.25, -0.2) is 0 Å². The minimum Gasteiger partial charge on any atom is -0.341 e. The van der Waals surface area contributed by atoms with Gasteiger partial charge in [-0.05, 0) is 37.0 Å². The van der Waals surface area contributed by atoms with Gasteiger partial charge in [0.1, 0.15) is 5.25 Å². The Labute approximate surface area is 190 Å². The lowest BCUT2D eigenvalue weighted by Crippen LogP contribution is -2.31. The summed E-state index contributed by atoms with van der Waals surface area (Å²) in [5.41, 5.74) is 1.64. The highest BCUT2D eigenvalue weighted by molar-refractivity contribution is 8.00. The van der Waals surface area contributed by atoms with E-state index in [0.29, 0.717) is 22.9 Å². The lowest BCUT2D eigenvalue weighted by molar-refractivity contribution is -0.129. The number of aromatic nitrogens is 4. The van der Waals surface area contributed by atoms with Crippen molar-refractivity contribution in [2.75, 3.05) is 13.1 Å². The maximum atomic E-state index is 13.5. The van der Waals surface area contributed by atoms with Gasteiger partial charge in [-0.2, -0.15) is 0 Å². The number of carbonyl (C=O) groups excluding carboxylic acids is 1. The van der Waals surface area contributed by atoms with Gasteiger partial charge in [-0.1, -0.05) is 61.2 Å². The molecule has 0 N–H and O–H groups in total. The summed E-state index contributed by atoms with van der Waals surface area (Å²) in [4.78, 5) is 28.5. The fraction of sp³-hybridized carbons (Fsp3) is 0.333. The summed E-state index contributed by atoms with van der Waals surface area (Å²) >= 11 is 1.40. The van der Waals surface area contributed by atoms with E-state index in [1.54, 1.807) is 4.57 Å². The molecule has 1 unspecified atom stereocenters. The first-order valence-electron chi connectivity index (χ1n) is 11.1. The van der Waals surface area contributed by atoms with Crippen LogP contribution >= 0.6 is 11.8 Å². The van der Waals surface area contributed by atoms with Gasteiger partial charge in [0.2, 0.25) is 11.7 Å². The number of thioether (sulfide) groups is 1. The van der Waals surface area contributed by atoms with Crippen molar-refractivity contribution in [1.29, 1.82) is 0 Å². The molecule has 2 aromatic heterocycles. The SMILES string of the molecule is CCCn1c(=O)c2ccccc2n2c(SC(C(=O)N3CCCC3)c3ccccc3)nnc12. The summed E-state index contributed by atoms with van der Waals surface area (Å²) in [5, 5.41) is 9.64. The Kier molecular flexibility index (Phi) is 5.70. The van der Waals surface area contributed by atoms with Crippen molar-refractivity contribution in [3.63, 3.8) is 0 Å². The number of aryl methyl sites for hydroxylation is 1. The number of benzene rings is 2. The monoisotopic (exact) mass is 447 g/mol. The number of carbonyl (C=O) groups is 1. The standard InChI is InChI=1S/C24H25N5O2S/c1-2-14-28-21(30)18-12-6-7-13-19(18)29-23(28)25-26-24(29)32-20(17-10-4-3-5-11-17)22(31)27-15-8-9-16-27/h3-7,10-13,20H,2,8-9,14-16H2,1H3. The molecule has 5 rings (SSSR count). The van der Waals surface area contributed by atoms with Crippen molar-refractivity contribution in [3.05, 3.63) is 70.5 Å². The Morgan fingerprint density at radius 1 is 1.03 bits per heavy atom. The molecule has 32 heavy (non-hydrogen) atoms. The lowest BCUT2D eigenvalue weighted by atomic mass is 10.1. The number of likely N-dealkylation sites (tertiary alicyclic amines) is 1. The van der Waals surface area contributed by atoms with Crippen LogP contribution in [0.15, 0.2) is 64.5 Å². The molecular formula is C24H25N5O2S. The Morgan fingerprint density at radius 3 is 2.50 bits per heavy atom. The molecule has 7 nitrogen and oxygen atoms in total. The molecule has 3 heterocycles. The zero-order valence-electron chi connectivity index (χ0n) is 18.0. The van der Waals surface area contributed by atoms with Gasteiger partial charge in [-0.15, -0.1) is 10.2 Å². The third kappa shape index (κ3) is 3.58. The van der Waals surface area contributed by atoms with Crippen LogP contribution in [0.1, 0.15) is 37.0 Å². The van der Waals surface area contributed by atoms with Crippen LogP contribution in [-0.4, -0.2) is 43.1 Å². The van der Waals surface area contributed by atoms with Crippen LogP contribution in [-0.2, 0) is 11.3 Å². The molecule has 1 fully saturated rings. The molecule has 1 amide bonds. The number of hydrogen-bond acceptors (Lipinski definition) is 5. The average molecular weight is 448 g/mol. The molecule has 1 aliphatic heterocycles. The van der Waals surface area contributed by atoms with Crippen LogP contribution in [0, 0.1) is 0 Å². The molecule has 1 aliphatic rings. The molecule has 0 aliphatic carbocycles. The summed E-state index contributed by atoms with van der Waals surface area (Å²) in [6.07, 6.45) is 2.89. The second-order valence-electron chi connectivity index (χ2n) is 8.03. The van der Waals surface area contributed by atoms with Crippen LogP contribution in [0.5, 0.6) is 0 Å². The van der Waals surface area contributed by atoms with E-state index in [4.69, 9.17) is 0 Å². The second kappa shape index (κ2) is 8.78. The van der Waals surface area contributed by atoms with Gasteiger partial charge in [-0.3, -0.25) is 18.6 Å². The van der Waals surface area contributed by atoms with Crippen LogP contribution < -0.4 is 5.56 Å². The average Bonchev–Trinajstić information content (AvgIpc) is 3.51. The predicted octanol–water partition coefficient (Wildman–Crippen LogP) is 3.91. The van der Waals surface area contributed by atoms with Gasteiger partial charge in [0.05, 0.1) is 10.9 Å². The van der Waals surface area contributed by atoms with E-state index in [-0.39, 0.29) is 11.5 Å². The fourth-order valence-corrected chi connectivity index (χ4v) is 5.46. The van der Waals surface area contributed by atoms with Crippen molar-refractivity contribution >= 4 is 34.3 Å². The zero-order chi connectivity index (χ0) is 22.1. The van der Waals surface area contributed by atoms with E-state index < -0.39 is 5.25 Å². The maximum absolute atomic E-state index is 13.5. The van der Waals surface area contributed by atoms with Gasteiger partial charge < -0.3 is 4.90 Å².